The van der Waals surface area contributed by atoms with Gasteiger partial charge in [0.2, 0.25) is 0 Å². The van der Waals surface area contributed by atoms with Crippen LogP contribution in [0.4, 0.5) is 13.2 Å². The van der Waals surface area contributed by atoms with Gasteiger partial charge in [-0.2, -0.15) is 13.2 Å². The number of methoxy groups -OCH3 is 1. The molecule has 0 aromatic carbocycles. The fourth-order valence-corrected chi connectivity index (χ4v) is 3.32. The van der Waals surface area contributed by atoms with Crippen LogP contribution in [0.2, 0.25) is 0 Å². The number of nitrogens with zero attached hydrogens (tertiary/aromatic N) is 3. The molecule has 0 spiro atoms. The molecule has 1 heterocycles. The summed E-state index contributed by atoms with van der Waals surface area (Å²) < 4.78 is 44.5. The van der Waals surface area contributed by atoms with Crippen LogP contribution in [-0.4, -0.2) is 46.4 Å². The van der Waals surface area contributed by atoms with Gasteiger partial charge in [-0.05, 0) is 20.4 Å². The zero-order valence-electron chi connectivity index (χ0n) is 13.7. The van der Waals surface area contributed by atoms with Crippen LogP contribution < -0.4 is 0 Å². The van der Waals surface area contributed by atoms with Crippen molar-refractivity contribution in [1.29, 1.82) is 0 Å². The summed E-state index contributed by atoms with van der Waals surface area (Å²) in [5.74, 6) is 0.432. The van der Waals surface area contributed by atoms with Crippen molar-refractivity contribution in [3.05, 3.63) is 18.2 Å². The van der Waals surface area contributed by atoms with E-state index in [9.17, 15) is 13.2 Å². The van der Waals surface area contributed by atoms with E-state index in [4.69, 9.17) is 4.74 Å². The summed E-state index contributed by atoms with van der Waals surface area (Å²) in [4.78, 5) is 6.14. The predicted octanol–water partition coefficient (Wildman–Crippen LogP) is 3.08. The number of hydrogen-bond acceptors (Lipinski definition) is 3. The molecule has 4 nitrogen and oxygen atoms in total. The summed E-state index contributed by atoms with van der Waals surface area (Å²) in [5, 5.41) is 0. The Kier molecular flexibility index (Phi) is 4.34. The van der Waals surface area contributed by atoms with Gasteiger partial charge in [-0.25, -0.2) is 4.98 Å². The third-order valence-corrected chi connectivity index (χ3v) is 5.30. The Balaban J connectivity index is 2.05. The van der Waals surface area contributed by atoms with Gasteiger partial charge in [-0.15, -0.1) is 0 Å². The molecule has 7 heteroatoms. The minimum absolute atomic E-state index is 0.0715. The van der Waals surface area contributed by atoms with Gasteiger partial charge in [0.05, 0.1) is 12.1 Å². The van der Waals surface area contributed by atoms with Crippen LogP contribution in [0.15, 0.2) is 12.4 Å². The number of aromatic nitrogens is 2. The highest BCUT2D eigenvalue weighted by Crippen LogP contribution is 2.53. The van der Waals surface area contributed by atoms with Crippen molar-refractivity contribution in [2.24, 2.45) is 5.41 Å². The highest BCUT2D eigenvalue weighted by Gasteiger charge is 2.58. The van der Waals surface area contributed by atoms with E-state index < -0.39 is 12.7 Å². The van der Waals surface area contributed by atoms with Crippen molar-refractivity contribution in [1.82, 2.24) is 14.5 Å². The summed E-state index contributed by atoms with van der Waals surface area (Å²) in [6.07, 6.45) is -0.590. The molecule has 0 unspecified atom stereocenters. The molecule has 1 aliphatic carbocycles. The molecule has 1 saturated carbocycles. The van der Waals surface area contributed by atoms with Crippen molar-refractivity contribution < 1.29 is 17.9 Å². The van der Waals surface area contributed by atoms with Crippen molar-refractivity contribution in [2.45, 2.75) is 58.1 Å². The summed E-state index contributed by atoms with van der Waals surface area (Å²) in [6.45, 7) is 5.71. The normalized spacial score (nSPS) is 28.0. The number of halogens is 3. The maximum absolute atomic E-state index is 12.6. The molecule has 22 heavy (non-hydrogen) atoms. The van der Waals surface area contributed by atoms with E-state index in [1.165, 1.54) is 12.4 Å². The fourth-order valence-electron chi connectivity index (χ4n) is 3.32. The van der Waals surface area contributed by atoms with Crippen LogP contribution in [0, 0.1) is 5.41 Å². The molecule has 2 atom stereocenters. The van der Waals surface area contributed by atoms with Crippen LogP contribution in [0.5, 0.6) is 0 Å². The third kappa shape index (κ3) is 3.01. The lowest BCUT2D eigenvalue weighted by atomic mass is 9.55. The number of hydrogen-bond donors (Lipinski definition) is 0. The first-order valence-electron chi connectivity index (χ1n) is 7.32. The second-order valence-electron chi connectivity index (χ2n) is 6.88. The van der Waals surface area contributed by atoms with Crippen LogP contribution in [0.1, 0.15) is 33.0 Å². The molecule has 1 aromatic heterocycles. The topological polar surface area (TPSA) is 30.3 Å². The molecule has 0 N–H and O–H groups in total. The molecular weight excluding hydrogens is 295 g/mol. The average molecular weight is 319 g/mol. The average Bonchev–Trinajstić information content (AvgIpc) is 2.80. The summed E-state index contributed by atoms with van der Waals surface area (Å²) in [5.41, 5.74) is -0.273. The van der Waals surface area contributed by atoms with Gasteiger partial charge in [-0.1, -0.05) is 13.8 Å². The molecule has 0 radical (unpaired) electrons. The Bertz CT molecular complexity index is 526. The first-order valence-corrected chi connectivity index (χ1v) is 7.32. The van der Waals surface area contributed by atoms with Crippen LogP contribution in [0.3, 0.4) is 0 Å². The SMILES string of the molecule is CO[C@@]1(C)C[C@H](N(C)Cc2nccn2CC(F)(F)F)C1(C)C. The predicted molar refractivity (Wildman–Crippen MR) is 77.3 cm³/mol. The van der Waals surface area contributed by atoms with E-state index in [1.54, 1.807) is 7.11 Å². The minimum atomic E-state index is -4.24. The Morgan fingerprint density at radius 3 is 2.55 bits per heavy atom. The lowest BCUT2D eigenvalue weighted by Crippen LogP contribution is -2.67. The van der Waals surface area contributed by atoms with Gasteiger partial charge >= 0.3 is 6.18 Å². The van der Waals surface area contributed by atoms with Crippen LogP contribution >= 0.6 is 0 Å². The highest BCUT2D eigenvalue weighted by atomic mass is 19.4. The van der Waals surface area contributed by atoms with Crippen LogP contribution in [-0.2, 0) is 17.8 Å². The molecule has 0 saturated heterocycles. The quantitative estimate of drug-likeness (QED) is 0.835. The van der Waals surface area contributed by atoms with E-state index >= 15 is 0 Å². The standard InChI is InChI=1S/C15H24F3N3O/c1-13(2)11(8-14(13,3)22-5)20(4)9-12-19-6-7-21(12)10-15(16,17)18/h6-7,11H,8-10H2,1-5H3/t11-,14-/m0/s1. The first-order chi connectivity index (χ1) is 10.00. The number of ether oxygens (including phenoxy) is 1. The second-order valence-corrected chi connectivity index (χ2v) is 6.88. The molecule has 1 aliphatic rings. The third-order valence-electron chi connectivity index (χ3n) is 5.30. The molecule has 126 valence electrons. The van der Waals surface area contributed by atoms with E-state index in [0.717, 1.165) is 11.0 Å². The summed E-state index contributed by atoms with van der Waals surface area (Å²) >= 11 is 0. The monoisotopic (exact) mass is 319 g/mol. The van der Waals surface area contributed by atoms with Crippen molar-refractivity contribution in [3.8, 4) is 0 Å². The Hall–Kier alpha value is -1.08. The van der Waals surface area contributed by atoms with E-state index in [1.807, 2.05) is 7.05 Å². The molecule has 0 amide bonds. The Morgan fingerprint density at radius 2 is 2.05 bits per heavy atom. The van der Waals surface area contributed by atoms with E-state index in [-0.39, 0.29) is 17.1 Å². The number of alkyl halides is 3. The van der Waals surface area contributed by atoms with Gasteiger partial charge in [0.15, 0.2) is 0 Å². The van der Waals surface area contributed by atoms with Gasteiger partial charge in [-0.3, -0.25) is 4.90 Å². The fraction of sp³-hybridized carbons (Fsp3) is 0.800. The van der Waals surface area contributed by atoms with Crippen molar-refractivity contribution in [2.75, 3.05) is 14.2 Å². The highest BCUT2D eigenvalue weighted by molar-refractivity contribution is 5.12. The Labute approximate surface area is 129 Å². The largest absolute Gasteiger partial charge is 0.406 e. The summed E-state index contributed by atoms with van der Waals surface area (Å²) in [7, 11) is 3.63. The maximum atomic E-state index is 12.6. The molecule has 2 rings (SSSR count). The molecule has 0 aliphatic heterocycles. The molecular formula is C15H24F3N3O. The van der Waals surface area contributed by atoms with Crippen molar-refractivity contribution >= 4 is 0 Å². The first kappa shape index (κ1) is 17.3. The maximum Gasteiger partial charge on any atom is 0.406 e. The minimum Gasteiger partial charge on any atom is -0.378 e. The zero-order valence-corrected chi connectivity index (χ0v) is 13.7. The van der Waals surface area contributed by atoms with Gasteiger partial charge in [0.1, 0.15) is 12.4 Å². The van der Waals surface area contributed by atoms with Gasteiger partial charge < -0.3 is 9.30 Å². The van der Waals surface area contributed by atoms with Gasteiger partial charge in [0.25, 0.3) is 0 Å². The zero-order chi connectivity index (χ0) is 16.8. The van der Waals surface area contributed by atoms with Crippen molar-refractivity contribution in [3.63, 3.8) is 0 Å². The second kappa shape index (κ2) is 5.53. The summed E-state index contributed by atoms with van der Waals surface area (Å²) in [6, 6.07) is 0.244. The lowest BCUT2D eigenvalue weighted by molar-refractivity contribution is -0.207. The Morgan fingerprint density at radius 1 is 1.41 bits per heavy atom. The molecule has 0 bridgehead atoms. The van der Waals surface area contributed by atoms with E-state index in [0.29, 0.717) is 12.4 Å². The van der Waals surface area contributed by atoms with E-state index in [2.05, 4.69) is 30.7 Å². The van der Waals surface area contributed by atoms with Gasteiger partial charge in [0, 0.05) is 31.0 Å². The molecule has 1 fully saturated rings. The lowest BCUT2D eigenvalue weighted by Gasteiger charge is -2.61. The van der Waals surface area contributed by atoms with Crippen LogP contribution in [0.25, 0.3) is 0 Å². The smallest absolute Gasteiger partial charge is 0.378 e. The number of rotatable bonds is 5. The number of imidazole rings is 1. The molecule has 1 aromatic rings.